The average molecular weight is 523 g/mol. The number of hydrogen-bond donors (Lipinski definition) is 0. The average Bonchev–Trinajstić information content (AvgIpc) is 3.13. The maximum absolute atomic E-state index is 3.62. The molecule has 176 valence electrons. The number of nitrogens with zero attached hydrogens (tertiary/aromatic N) is 1. The maximum atomic E-state index is 3.62. The zero-order chi connectivity index (χ0) is 24.0. The molecule has 35 heavy (non-hydrogen) atoms. The van der Waals surface area contributed by atoms with Crippen molar-refractivity contribution in [2.75, 3.05) is 4.90 Å². The van der Waals surface area contributed by atoms with E-state index in [1.807, 2.05) is 0 Å². The van der Waals surface area contributed by atoms with Crippen molar-refractivity contribution in [3.63, 3.8) is 0 Å². The lowest BCUT2D eigenvalue weighted by Gasteiger charge is -2.38. The number of rotatable bonds is 4. The lowest BCUT2D eigenvalue weighted by atomic mass is 9.74. The second-order valence-electron chi connectivity index (χ2n) is 10.6. The summed E-state index contributed by atoms with van der Waals surface area (Å²) in [5, 5.41) is 0. The van der Waals surface area contributed by atoms with Gasteiger partial charge < -0.3 is 4.90 Å². The van der Waals surface area contributed by atoms with Crippen LogP contribution in [0.1, 0.15) is 50.2 Å². The van der Waals surface area contributed by atoms with Gasteiger partial charge in [-0.2, -0.15) is 0 Å². The predicted octanol–water partition coefficient (Wildman–Crippen LogP) is 8.93. The van der Waals surface area contributed by atoms with Crippen LogP contribution in [0.4, 0.5) is 5.69 Å². The Morgan fingerprint density at radius 3 is 2.40 bits per heavy atom. The summed E-state index contributed by atoms with van der Waals surface area (Å²) in [5.41, 5.74) is 8.35. The van der Waals surface area contributed by atoms with E-state index < -0.39 is 0 Å². The van der Waals surface area contributed by atoms with Gasteiger partial charge >= 0.3 is 0 Å². The molecule has 0 aliphatic heterocycles. The van der Waals surface area contributed by atoms with Crippen LogP contribution in [0.5, 0.6) is 0 Å². The number of benzene rings is 2. The quantitative estimate of drug-likeness (QED) is 0.388. The topological polar surface area (TPSA) is 3.24 Å². The monoisotopic (exact) mass is 521 g/mol. The SMILES string of the molecule is CC1(C)c2ccccc2C2C=CC(N(c3ccc(Br)cc3)C3C=CC(C4=CCCC=C4)=CC3)=CC21. The smallest absolute Gasteiger partial charge is 0.0560 e. The van der Waals surface area contributed by atoms with E-state index in [9.17, 15) is 0 Å². The summed E-state index contributed by atoms with van der Waals surface area (Å²) >= 11 is 3.62. The fourth-order valence-electron chi connectivity index (χ4n) is 6.31. The van der Waals surface area contributed by atoms with Gasteiger partial charge in [-0.3, -0.25) is 0 Å². The van der Waals surface area contributed by atoms with E-state index in [4.69, 9.17) is 0 Å². The highest BCUT2D eigenvalue weighted by atomic mass is 79.9. The minimum atomic E-state index is 0.109. The second kappa shape index (κ2) is 8.99. The van der Waals surface area contributed by atoms with Gasteiger partial charge in [0.1, 0.15) is 0 Å². The van der Waals surface area contributed by atoms with Crippen molar-refractivity contribution < 1.29 is 0 Å². The molecule has 2 heteroatoms. The Balaban J connectivity index is 1.36. The molecule has 0 spiro atoms. The Bertz CT molecular complexity index is 1320. The first-order valence-corrected chi connectivity index (χ1v) is 13.6. The molecular weight excluding hydrogens is 490 g/mol. The van der Waals surface area contributed by atoms with Crippen LogP contribution >= 0.6 is 15.9 Å². The summed E-state index contributed by atoms with van der Waals surface area (Å²) in [6.07, 6.45) is 24.7. The van der Waals surface area contributed by atoms with Crippen molar-refractivity contribution >= 4 is 21.6 Å². The molecule has 1 nitrogen and oxygen atoms in total. The Hall–Kier alpha value is -2.84. The summed E-state index contributed by atoms with van der Waals surface area (Å²) < 4.78 is 1.11. The van der Waals surface area contributed by atoms with Crippen molar-refractivity contribution in [1.29, 1.82) is 0 Å². The Labute approximate surface area is 218 Å². The minimum absolute atomic E-state index is 0.109. The molecule has 0 aromatic heterocycles. The number of halogens is 1. The molecule has 6 rings (SSSR count). The van der Waals surface area contributed by atoms with Gasteiger partial charge in [-0.1, -0.05) is 103 Å². The second-order valence-corrected chi connectivity index (χ2v) is 11.5. The minimum Gasteiger partial charge on any atom is -0.335 e. The summed E-state index contributed by atoms with van der Waals surface area (Å²) in [6, 6.07) is 18.1. The van der Waals surface area contributed by atoms with Gasteiger partial charge in [0.05, 0.1) is 6.04 Å². The molecule has 0 fully saturated rings. The molecule has 0 N–H and O–H groups in total. The third kappa shape index (κ3) is 4.02. The molecule has 3 atom stereocenters. The first-order chi connectivity index (χ1) is 17.0. The highest BCUT2D eigenvalue weighted by Crippen LogP contribution is 2.53. The maximum Gasteiger partial charge on any atom is 0.0560 e. The zero-order valence-corrected chi connectivity index (χ0v) is 22.1. The Kier molecular flexibility index (Phi) is 5.81. The highest BCUT2D eigenvalue weighted by molar-refractivity contribution is 9.10. The van der Waals surface area contributed by atoms with Crippen molar-refractivity contribution in [3.8, 4) is 0 Å². The van der Waals surface area contributed by atoms with Crippen molar-refractivity contribution in [1.82, 2.24) is 0 Å². The lowest BCUT2D eigenvalue weighted by molar-refractivity contribution is 0.391. The van der Waals surface area contributed by atoms with Crippen LogP contribution in [-0.2, 0) is 5.41 Å². The van der Waals surface area contributed by atoms with Crippen LogP contribution in [0.15, 0.2) is 125 Å². The number of fused-ring (bicyclic) bond motifs is 3. The summed E-state index contributed by atoms with van der Waals surface area (Å²) in [7, 11) is 0. The molecule has 4 aliphatic carbocycles. The van der Waals surface area contributed by atoms with Crippen molar-refractivity contribution in [3.05, 3.63) is 136 Å². The lowest BCUT2D eigenvalue weighted by Crippen LogP contribution is -2.36. The number of allylic oxidation sites excluding steroid dienone is 9. The molecule has 3 unspecified atom stereocenters. The molecule has 0 heterocycles. The molecule has 0 amide bonds. The molecule has 4 aliphatic rings. The predicted molar refractivity (Wildman–Crippen MR) is 152 cm³/mol. The number of anilines is 1. The molecule has 0 saturated carbocycles. The number of hydrogen-bond acceptors (Lipinski definition) is 1. The summed E-state index contributed by atoms with van der Waals surface area (Å²) in [6.45, 7) is 4.82. The van der Waals surface area contributed by atoms with Gasteiger partial charge in [0.25, 0.3) is 0 Å². The van der Waals surface area contributed by atoms with Crippen LogP contribution in [0.3, 0.4) is 0 Å². The van der Waals surface area contributed by atoms with E-state index in [0.29, 0.717) is 11.8 Å². The fraction of sp³-hybridized carbons (Fsp3) is 0.273. The molecule has 0 radical (unpaired) electrons. The van der Waals surface area contributed by atoms with Crippen LogP contribution in [-0.4, -0.2) is 6.04 Å². The molecule has 2 aromatic carbocycles. The highest BCUT2D eigenvalue weighted by Gasteiger charge is 2.45. The van der Waals surface area contributed by atoms with Gasteiger partial charge in [0.2, 0.25) is 0 Å². The van der Waals surface area contributed by atoms with Gasteiger partial charge in [-0.15, -0.1) is 0 Å². The van der Waals surface area contributed by atoms with Gasteiger partial charge in [-0.25, -0.2) is 0 Å². The van der Waals surface area contributed by atoms with Gasteiger partial charge in [0, 0.05) is 21.8 Å². The third-order valence-electron chi connectivity index (χ3n) is 8.18. The van der Waals surface area contributed by atoms with Gasteiger partial charge in [0.15, 0.2) is 0 Å². The van der Waals surface area contributed by atoms with E-state index in [-0.39, 0.29) is 11.5 Å². The standard InChI is InChI=1S/C33H32BrN/c1-33(2)31-11-7-6-10-29(31)30-21-20-28(22-32(30)33)35(27-18-14-25(34)15-19-27)26-16-12-24(13-17-26)23-8-4-3-5-9-23/h4,6-16,18-22,26,30,32H,3,5,17H2,1-2H3. The summed E-state index contributed by atoms with van der Waals surface area (Å²) in [5.74, 6) is 0.907. The van der Waals surface area contributed by atoms with Gasteiger partial charge in [-0.05, 0) is 83.2 Å². The normalized spacial score (nSPS) is 25.9. The third-order valence-corrected chi connectivity index (χ3v) is 8.71. The van der Waals surface area contributed by atoms with E-state index in [1.165, 1.54) is 33.7 Å². The molecule has 2 aromatic rings. The first kappa shape index (κ1) is 22.6. The molecule has 0 saturated heterocycles. The van der Waals surface area contributed by atoms with Crippen LogP contribution in [0, 0.1) is 5.92 Å². The van der Waals surface area contributed by atoms with E-state index in [1.54, 1.807) is 0 Å². The molecular formula is C33H32BrN. The summed E-state index contributed by atoms with van der Waals surface area (Å²) in [4.78, 5) is 2.53. The van der Waals surface area contributed by atoms with Crippen molar-refractivity contribution in [2.45, 2.75) is 50.5 Å². The van der Waals surface area contributed by atoms with E-state index in [2.05, 4.69) is 138 Å². The van der Waals surface area contributed by atoms with Crippen molar-refractivity contribution in [2.24, 2.45) is 5.92 Å². The zero-order valence-electron chi connectivity index (χ0n) is 20.5. The van der Waals surface area contributed by atoms with Crippen LogP contribution in [0.25, 0.3) is 0 Å². The first-order valence-electron chi connectivity index (χ1n) is 12.8. The Morgan fingerprint density at radius 2 is 1.66 bits per heavy atom. The van der Waals surface area contributed by atoms with Crippen LogP contribution < -0.4 is 4.90 Å². The van der Waals surface area contributed by atoms with E-state index >= 15 is 0 Å². The molecule has 0 bridgehead atoms. The van der Waals surface area contributed by atoms with E-state index in [0.717, 1.165) is 23.7 Å². The largest absolute Gasteiger partial charge is 0.335 e. The Morgan fingerprint density at radius 1 is 0.857 bits per heavy atom. The van der Waals surface area contributed by atoms with Crippen LogP contribution in [0.2, 0.25) is 0 Å². The fourth-order valence-corrected chi connectivity index (χ4v) is 6.57.